The monoisotopic (exact) mass is 286 g/mol. The highest BCUT2D eigenvalue weighted by Crippen LogP contribution is 2.31. The van der Waals surface area contributed by atoms with Gasteiger partial charge < -0.3 is 15.0 Å². The second-order valence-corrected chi connectivity index (χ2v) is 6.56. The van der Waals surface area contributed by atoms with Gasteiger partial charge in [0.25, 0.3) is 0 Å². The summed E-state index contributed by atoms with van der Waals surface area (Å²) in [6.07, 6.45) is 4.00. The first-order chi connectivity index (χ1) is 10.1. The molecule has 0 saturated heterocycles. The quantitative estimate of drug-likeness (QED) is 0.780. The summed E-state index contributed by atoms with van der Waals surface area (Å²) < 4.78 is 0. The van der Waals surface area contributed by atoms with E-state index >= 15 is 0 Å². The molecule has 0 amide bonds. The molecular weight excluding hydrogens is 260 g/mol. The zero-order valence-corrected chi connectivity index (χ0v) is 13.1. The van der Waals surface area contributed by atoms with Gasteiger partial charge in [0.2, 0.25) is 0 Å². The van der Waals surface area contributed by atoms with Gasteiger partial charge in [0.15, 0.2) is 0 Å². The fourth-order valence-corrected chi connectivity index (χ4v) is 3.56. The van der Waals surface area contributed by atoms with E-state index in [2.05, 4.69) is 48.1 Å². The van der Waals surface area contributed by atoms with E-state index in [1.54, 1.807) is 0 Å². The molecule has 2 N–H and O–H groups in total. The van der Waals surface area contributed by atoms with E-state index in [-0.39, 0.29) is 6.10 Å². The van der Waals surface area contributed by atoms with E-state index in [0.717, 1.165) is 38.8 Å². The van der Waals surface area contributed by atoms with Gasteiger partial charge in [0.05, 0.1) is 6.10 Å². The lowest BCUT2D eigenvalue weighted by atomic mass is 9.95. The molecule has 1 aromatic heterocycles. The maximum Gasteiger partial charge on any atom is 0.0667 e. The van der Waals surface area contributed by atoms with E-state index in [1.165, 1.54) is 22.2 Å². The van der Waals surface area contributed by atoms with Gasteiger partial charge in [-0.25, -0.2) is 0 Å². The lowest BCUT2D eigenvalue weighted by Crippen LogP contribution is -2.30. The zero-order valence-electron chi connectivity index (χ0n) is 13.1. The van der Waals surface area contributed by atoms with E-state index in [1.807, 2.05) is 0 Å². The van der Waals surface area contributed by atoms with Crippen LogP contribution in [0.2, 0.25) is 0 Å². The molecule has 3 rings (SSSR count). The van der Waals surface area contributed by atoms with Crippen LogP contribution in [0.1, 0.15) is 43.4 Å². The van der Waals surface area contributed by atoms with Gasteiger partial charge in [-0.2, -0.15) is 0 Å². The van der Waals surface area contributed by atoms with Crippen molar-refractivity contribution < 1.29 is 5.11 Å². The van der Waals surface area contributed by atoms with Crippen LogP contribution >= 0.6 is 0 Å². The van der Waals surface area contributed by atoms with Crippen LogP contribution in [-0.2, 0) is 6.42 Å². The van der Waals surface area contributed by atoms with Crippen LogP contribution < -0.4 is 0 Å². The molecule has 1 aliphatic rings. The number of aromatic amines is 1. The minimum Gasteiger partial charge on any atom is -0.392 e. The number of β-amino-alcohol motifs (C(OH)–C–C–N with tert-alkyl or cyclic N) is 1. The van der Waals surface area contributed by atoms with Gasteiger partial charge in [-0.1, -0.05) is 31.5 Å². The van der Waals surface area contributed by atoms with Gasteiger partial charge in [0, 0.05) is 29.7 Å². The number of aromatic nitrogens is 1. The topological polar surface area (TPSA) is 39.3 Å². The molecule has 2 aromatic rings. The molecule has 0 aliphatic carbocycles. The van der Waals surface area contributed by atoms with Crippen molar-refractivity contribution in [3.05, 3.63) is 35.5 Å². The summed E-state index contributed by atoms with van der Waals surface area (Å²) in [7, 11) is 2.11. The Balaban J connectivity index is 1.97. The molecule has 1 aliphatic heterocycles. The first-order valence-corrected chi connectivity index (χ1v) is 8.11. The number of nitrogens with one attached hydrogen (secondary N) is 1. The van der Waals surface area contributed by atoms with E-state index in [9.17, 15) is 5.11 Å². The van der Waals surface area contributed by atoms with E-state index < -0.39 is 0 Å². The molecule has 2 atom stereocenters. The fourth-order valence-electron chi connectivity index (χ4n) is 3.56. The highest BCUT2D eigenvalue weighted by molar-refractivity contribution is 5.84. The predicted octanol–water partition coefficient (Wildman–Crippen LogP) is 3.29. The van der Waals surface area contributed by atoms with Gasteiger partial charge in [0.1, 0.15) is 0 Å². The fraction of sp³-hybridized carbons (Fsp3) is 0.556. The summed E-state index contributed by atoms with van der Waals surface area (Å²) >= 11 is 0. The number of para-hydroxylation sites is 1. The number of H-pyrrole nitrogens is 1. The number of aliphatic hydroxyl groups excluding tert-OH is 1. The van der Waals surface area contributed by atoms with Crippen molar-refractivity contribution in [2.75, 3.05) is 20.1 Å². The number of rotatable bonds is 0. The summed E-state index contributed by atoms with van der Waals surface area (Å²) in [5, 5.41) is 11.4. The molecule has 0 fully saturated rings. The summed E-state index contributed by atoms with van der Waals surface area (Å²) in [6.45, 7) is 4.09. The van der Waals surface area contributed by atoms with E-state index in [4.69, 9.17) is 0 Å². The number of fused-ring (bicyclic) bond motifs is 3. The molecule has 114 valence electrons. The lowest BCUT2D eigenvalue weighted by Gasteiger charge is -2.19. The Morgan fingerprint density at radius 1 is 1.24 bits per heavy atom. The average molecular weight is 286 g/mol. The third kappa shape index (κ3) is 3.14. The summed E-state index contributed by atoms with van der Waals surface area (Å²) in [5.74, 6) is 0.531. The van der Waals surface area contributed by atoms with Gasteiger partial charge in [-0.15, -0.1) is 0 Å². The zero-order chi connectivity index (χ0) is 14.8. The number of nitrogens with zero attached hydrogens (tertiary/aromatic N) is 1. The second-order valence-electron chi connectivity index (χ2n) is 6.56. The molecule has 21 heavy (non-hydrogen) atoms. The SMILES string of the molecule is C[C@@H]1CCC[C@H](O)CN(C)CCc2c1[nH]c1ccccc21. The Morgan fingerprint density at radius 2 is 2.05 bits per heavy atom. The highest BCUT2D eigenvalue weighted by atomic mass is 16.3. The van der Waals surface area contributed by atoms with Crippen LogP contribution in [0.4, 0.5) is 0 Å². The Kier molecular flexibility index (Phi) is 4.32. The molecule has 0 radical (unpaired) electrons. The molecule has 2 heterocycles. The van der Waals surface area contributed by atoms with Crippen molar-refractivity contribution in [2.24, 2.45) is 0 Å². The van der Waals surface area contributed by atoms with E-state index in [0.29, 0.717) is 5.92 Å². The smallest absolute Gasteiger partial charge is 0.0667 e. The molecular formula is C18H26N2O. The van der Waals surface area contributed by atoms with Crippen LogP contribution in [-0.4, -0.2) is 41.2 Å². The minimum absolute atomic E-state index is 0.185. The molecule has 0 bridgehead atoms. The average Bonchev–Trinajstić information content (AvgIpc) is 2.82. The van der Waals surface area contributed by atoms with Crippen molar-refractivity contribution in [3.8, 4) is 0 Å². The van der Waals surface area contributed by atoms with Crippen LogP contribution in [0.5, 0.6) is 0 Å². The first kappa shape index (κ1) is 14.6. The summed E-state index contributed by atoms with van der Waals surface area (Å²) in [5.41, 5.74) is 4.14. The molecule has 0 spiro atoms. The number of hydrogen-bond acceptors (Lipinski definition) is 2. The van der Waals surface area contributed by atoms with Crippen LogP contribution in [0.25, 0.3) is 10.9 Å². The van der Waals surface area contributed by atoms with Crippen molar-refractivity contribution in [3.63, 3.8) is 0 Å². The molecule has 0 saturated carbocycles. The highest BCUT2D eigenvalue weighted by Gasteiger charge is 2.19. The maximum atomic E-state index is 10.1. The van der Waals surface area contributed by atoms with Gasteiger partial charge in [-0.3, -0.25) is 0 Å². The number of hydrogen-bond donors (Lipinski definition) is 2. The molecule has 3 heteroatoms. The number of benzene rings is 1. The third-order valence-corrected chi connectivity index (χ3v) is 4.78. The largest absolute Gasteiger partial charge is 0.392 e. The normalized spacial score (nSPS) is 25.5. The Morgan fingerprint density at radius 3 is 2.90 bits per heavy atom. The first-order valence-electron chi connectivity index (χ1n) is 8.11. The Hall–Kier alpha value is -1.32. The van der Waals surface area contributed by atoms with Crippen molar-refractivity contribution in [1.29, 1.82) is 0 Å². The predicted molar refractivity (Wildman–Crippen MR) is 87.8 cm³/mol. The number of likely N-dealkylation sites (N-methyl/N-ethyl adjacent to an activating group) is 1. The molecule has 3 nitrogen and oxygen atoms in total. The third-order valence-electron chi connectivity index (χ3n) is 4.78. The Labute approximate surface area is 127 Å². The molecule has 0 unspecified atom stereocenters. The van der Waals surface area contributed by atoms with Gasteiger partial charge in [-0.05, 0) is 43.9 Å². The van der Waals surface area contributed by atoms with Crippen LogP contribution in [0.3, 0.4) is 0 Å². The minimum atomic E-state index is -0.185. The lowest BCUT2D eigenvalue weighted by molar-refractivity contribution is 0.116. The Bertz CT molecular complexity index is 604. The van der Waals surface area contributed by atoms with Crippen LogP contribution in [0.15, 0.2) is 24.3 Å². The van der Waals surface area contributed by atoms with Crippen molar-refractivity contribution in [1.82, 2.24) is 9.88 Å². The van der Waals surface area contributed by atoms with Gasteiger partial charge >= 0.3 is 0 Å². The maximum absolute atomic E-state index is 10.1. The summed E-state index contributed by atoms with van der Waals surface area (Å²) in [4.78, 5) is 5.90. The summed E-state index contributed by atoms with van der Waals surface area (Å²) in [6, 6.07) is 8.63. The van der Waals surface area contributed by atoms with Crippen molar-refractivity contribution >= 4 is 10.9 Å². The van der Waals surface area contributed by atoms with Crippen LogP contribution in [0, 0.1) is 0 Å². The number of aliphatic hydroxyl groups is 1. The second kappa shape index (κ2) is 6.20. The standard InChI is InChI=1S/C18H26N2O/c1-13-6-5-7-14(21)12-20(2)11-10-16-15-8-3-4-9-17(15)19-18(13)16/h3-4,8-9,13-14,19,21H,5-7,10-12H2,1-2H3/t13-,14+/m1/s1. The molecule has 1 aromatic carbocycles. The van der Waals surface area contributed by atoms with Crippen molar-refractivity contribution in [2.45, 2.75) is 44.6 Å².